The standard InChI is InChI=1S/C10H16/c1-3-6-10-8-5-4-7-9(10)2/h3-4,7,9-10H,1,5-6,8H2,2H3. The van der Waals surface area contributed by atoms with Gasteiger partial charge in [-0.25, -0.2) is 0 Å². The molecule has 0 radical (unpaired) electrons. The van der Waals surface area contributed by atoms with Crippen molar-refractivity contribution in [1.82, 2.24) is 0 Å². The lowest BCUT2D eigenvalue weighted by atomic mass is 9.83. The molecule has 1 aliphatic rings. The van der Waals surface area contributed by atoms with Gasteiger partial charge in [-0.05, 0) is 31.1 Å². The van der Waals surface area contributed by atoms with Gasteiger partial charge in [0.05, 0.1) is 0 Å². The Labute approximate surface area is 63.6 Å². The van der Waals surface area contributed by atoms with Crippen LogP contribution in [0.1, 0.15) is 26.2 Å². The minimum absolute atomic E-state index is 0.770. The number of hydrogen-bond donors (Lipinski definition) is 0. The highest BCUT2D eigenvalue weighted by atomic mass is 14.2. The molecule has 1 aliphatic carbocycles. The molecule has 2 atom stereocenters. The molecule has 1 rings (SSSR count). The summed E-state index contributed by atoms with van der Waals surface area (Å²) in [5, 5.41) is 0. The first-order valence-electron chi connectivity index (χ1n) is 4.12. The lowest BCUT2D eigenvalue weighted by Crippen LogP contribution is -2.11. The monoisotopic (exact) mass is 136 g/mol. The zero-order valence-electron chi connectivity index (χ0n) is 6.72. The number of allylic oxidation sites excluding steroid dienone is 3. The highest BCUT2D eigenvalue weighted by Gasteiger charge is 2.14. The van der Waals surface area contributed by atoms with Crippen LogP contribution in [0.4, 0.5) is 0 Å². The second kappa shape index (κ2) is 3.60. The van der Waals surface area contributed by atoms with E-state index < -0.39 is 0 Å². The van der Waals surface area contributed by atoms with E-state index >= 15 is 0 Å². The van der Waals surface area contributed by atoms with Crippen molar-refractivity contribution in [3.05, 3.63) is 24.8 Å². The summed E-state index contributed by atoms with van der Waals surface area (Å²) in [6, 6.07) is 0. The van der Waals surface area contributed by atoms with Gasteiger partial charge in [0.15, 0.2) is 0 Å². The Kier molecular flexibility index (Phi) is 2.73. The summed E-state index contributed by atoms with van der Waals surface area (Å²) < 4.78 is 0. The van der Waals surface area contributed by atoms with Crippen LogP contribution in [-0.2, 0) is 0 Å². The largest absolute Gasteiger partial charge is 0.103 e. The second-order valence-electron chi connectivity index (χ2n) is 3.15. The summed E-state index contributed by atoms with van der Waals surface area (Å²) in [5.74, 6) is 1.63. The highest BCUT2D eigenvalue weighted by molar-refractivity contribution is 4.96. The Hall–Kier alpha value is -0.520. The third-order valence-corrected chi connectivity index (χ3v) is 2.36. The predicted molar refractivity (Wildman–Crippen MR) is 45.8 cm³/mol. The summed E-state index contributed by atoms with van der Waals surface area (Å²) in [7, 11) is 0. The van der Waals surface area contributed by atoms with Gasteiger partial charge in [-0.15, -0.1) is 6.58 Å². The molecule has 0 aromatic carbocycles. The first kappa shape index (κ1) is 7.59. The predicted octanol–water partition coefficient (Wildman–Crippen LogP) is 3.16. The summed E-state index contributed by atoms with van der Waals surface area (Å²) in [6.07, 6.45) is 10.5. The molecule has 0 amide bonds. The molecule has 0 bridgehead atoms. The van der Waals surface area contributed by atoms with Gasteiger partial charge in [-0.1, -0.05) is 25.2 Å². The minimum atomic E-state index is 0.770. The van der Waals surface area contributed by atoms with Crippen molar-refractivity contribution in [3.8, 4) is 0 Å². The van der Waals surface area contributed by atoms with E-state index in [9.17, 15) is 0 Å². The van der Waals surface area contributed by atoms with Gasteiger partial charge in [-0.2, -0.15) is 0 Å². The Balaban J connectivity index is 2.43. The van der Waals surface area contributed by atoms with Gasteiger partial charge in [0.25, 0.3) is 0 Å². The van der Waals surface area contributed by atoms with E-state index in [-0.39, 0.29) is 0 Å². The van der Waals surface area contributed by atoms with Crippen LogP contribution in [0.15, 0.2) is 24.8 Å². The van der Waals surface area contributed by atoms with E-state index in [1.165, 1.54) is 19.3 Å². The molecule has 0 heterocycles. The van der Waals surface area contributed by atoms with Crippen LogP contribution in [0, 0.1) is 11.8 Å². The van der Waals surface area contributed by atoms with Gasteiger partial charge >= 0.3 is 0 Å². The fourth-order valence-electron chi connectivity index (χ4n) is 1.59. The van der Waals surface area contributed by atoms with E-state index in [1.54, 1.807) is 0 Å². The molecule has 0 aliphatic heterocycles. The topological polar surface area (TPSA) is 0 Å². The van der Waals surface area contributed by atoms with Crippen molar-refractivity contribution in [2.45, 2.75) is 26.2 Å². The molecule has 0 saturated heterocycles. The lowest BCUT2D eigenvalue weighted by Gasteiger charge is -2.22. The maximum absolute atomic E-state index is 3.77. The van der Waals surface area contributed by atoms with E-state index in [2.05, 4.69) is 25.7 Å². The van der Waals surface area contributed by atoms with Crippen LogP contribution in [0.3, 0.4) is 0 Å². The van der Waals surface area contributed by atoms with E-state index in [4.69, 9.17) is 0 Å². The Bertz CT molecular complexity index is 133. The molecule has 0 fully saturated rings. The average molecular weight is 136 g/mol. The Morgan fingerprint density at radius 1 is 1.70 bits per heavy atom. The Morgan fingerprint density at radius 2 is 2.50 bits per heavy atom. The van der Waals surface area contributed by atoms with Crippen LogP contribution in [0.2, 0.25) is 0 Å². The first-order chi connectivity index (χ1) is 4.84. The third-order valence-electron chi connectivity index (χ3n) is 2.36. The number of hydrogen-bond acceptors (Lipinski definition) is 0. The van der Waals surface area contributed by atoms with Crippen molar-refractivity contribution in [2.75, 3.05) is 0 Å². The van der Waals surface area contributed by atoms with Crippen LogP contribution in [-0.4, -0.2) is 0 Å². The maximum atomic E-state index is 3.77. The molecule has 56 valence electrons. The summed E-state index contributed by atoms with van der Waals surface area (Å²) in [4.78, 5) is 0. The Morgan fingerprint density at radius 3 is 3.10 bits per heavy atom. The van der Waals surface area contributed by atoms with Crippen LogP contribution in [0.5, 0.6) is 0 Å². The van der Waals surface area contributed by atoms with E-state index in [0.29, 0.717) is 0 Å². The normalized spacial score (nSPS) is 32.1. The maximum Gasteiger partial charge on any atom is -0.0231 e. The SMILES string of the molecule is C=CCC1CCC=CC1C. The first-order valence-corrected chi connectivity index (χ1v) is 4.12. The molecule has 0 N–H and O–H groups in total. The van der Waals surface area contributed by atoms with Crippen molar-refractivity contribution in [3.63, 3.8) is 0 Å². The summed E-state index contributed by atoms with van der Waals surface area (Å²) in [5.41, 5.74) is 0. The smallest absolute Gasteiger partial charge is 0.0231 e. The zero-order valence-corrected chi connectivity index (χ0v) is 6.72. The number of rotatable bonds is 2. The molecular formula is C10H16. The fraction of sp³-hybridized carbons (Fsp3) is 0.600. The summed E-state index contributed by atoms with van der Waals surface area (Å²) in [6.45, 7) is 6.06. The van der Waals surface area contributed by atoms with Crippen LogP contribution < -0.4 is 0 Å². The van der Waals surface area contributed by atoms with E-state index in [0.717, 1.165) is 11.8 Å². The molecule has 0 spiro atoms. The molecule has 0 nitrogen and oxygen atoms in total. The van der Waals surface area contributed by atoms with Crippen molar-refractivity contribution >= 4 is 0 Å². The van der Waals surface area contributed by atoms with Gasteiger partial charge in [0.2, 0.25) is 0 Å². The highest BCUT2D eigenvalue weighted by Crippen LogP contribution is 2.26. The molecular weight excluding hydrogens is 120 g/mol. The van der Waals surface area contributed by atoms with E-state index in [1.807, 2.05) is 6.08 Å². The van der Waals surface area contributed by atoms with Crippen LogP contribution >= 0.6 is 0 Å². The van der Waals surface area contributed by atoms with Gasteiger partial charge in [0.1, 0.15) is 0 Å². The van der Waals surface area contributed by atoms with Gasteiger partial charge < -0.3 is 0 Å². The minimum Gasteiger partial charge on any atom is -0.103 e. The molecule has 2 unspecified atom stereocenters. The van der Waals surface area contributed by atoms with Crippen molar-refractivity contribution in [2.24, 2.45) is 11.8 Å². The average Bonchev–Trinajstić information content (AvgIpc) is 1.94. The molecule has 0 saturated carbocycles. The quantitative estimate of drug-likeness (QED) is 0.511. The second-order valence-corrected chi connectivity index (χ2v) is 3.15. The van der Waals surface area contributed by atoms with Crippen molar-refractivity contribution < 1.29 is 0 Å². The van der Waals surface area contributed by atoms with Crippen molar-refractivity contribution in [1.29, 1.82) is 0 Å². The van der Waals surface area contributed by atoms with Gasteiger partial charge in [-0.3, -0.25) is 0 Å². The summed E-state index contributed by atoms with van der Waals surface area (Å²) >= 11 is 0. The lowest BCUT2D eigenvalue weighted by molar-refractivity contribution is 0.382. The fourth-order valence-corrected chi connectivity index (χ4v) is 1.59. The third kappa shape index (κ3) is 1.73. The molecule has 0 aromatic rings. The molecule has 0 aromatic heterocycles. The molecule has 0 heteroatoms. The van der Waals surface area contributed by atoms with Gasteiger partial charge in [0, 0.05) is 0 Å². The zero-order chi connectivity index (χ0) is 7.40. The molecule has 10 heavy (non-hydrogen) atoms. The van der Waals surface area contributed by atoms with Crippen LogP contribution in [0.25, 0.3) is 0 Å².